The van der Waals surface area contributed by atoms with Gasteiger partial charge in [0.05, 0.1) is 16.5 Å². The molecule has 96 valence electrons. The van der Waals surface area contributed by atoms with Gasteiger partial charge in [-0.1, -0.05) is 0 Å². The lowest BCUT2D eigenvalue weighted by Gasteiger charge is -2.20. The molecule has 2 N–H and O–H groups in total. The average molecular weight is 274 g/mol. The predicted octanol–water partition coefficient (Wildman–Crippen LogP) is 1.53. The van der Waals surface area contributed by atoms with Gasteiger partial charge in [0.2, 0.25) is 0 Å². The summed E-state index contributed by atoms with van der Waals surface area (Å²) in [4.78, 5) is 5.39. The van der Waals surface area contributed by atoms with E-state index in [9.17, 15) is 8.42 Å². The molecular formula is C11H18N2O2S2. The number of rotatable bonds is 3. The van der Waals surface area contributed by atoms with E-state index in [-0.39, 0.29) is 12.0 Å². The smallest absolute Gasteiger partial charge is 0.150 e. The minimum absolute atomic E-state index is 0.0105. The van der Waals surface area contributed by atoms with Gasteiger partial charge < -0.3 is 5.73 Å². The zero-order valence-electron chi connectivity index (χ0n) is 9.93. The first-order chi connectivity index (χ1) is 7.96. The first kappa shape index (κ1) is 13.0. The third-order valence-electron chi connectivity index (χ3n) is 3.04. The molecule has 2 heterocycles. The van der Waals surface area contributed by atoms with Gasteiger partial charge in [-0.15, -0.1) is 11.3 Å². The molecule has 4 nitrogen and oxygen atoms in total. The normalized spacial score (nSPS) is 25.6. The Morgan fingerprint density at radius 1 is 1.65 bits per heavy atom. The summed E-state index contributed by atoms with van der Waals surface area (Å²) in [6.45, 7) is 1.93. The molecular weight excluding hydrogens is 256 g/mol. The topological polar surface area (TPSA) is 73.0 Å². The van der Waals surface area contributed by atoms with Crippen LogP contribution in [0, 0.1) is 5.92 Å². The number of thiazole rings is 1. The van der Waals surface area contributed by atoms with Gasteiger partial charge in [-0.3, -0.25) is 0 Å². The molecule has 1 aromatic rings. The van der Waals surface area contributed by atoms with Crippen molar-refractivity contribution in [2.75, 3.05) is 11.5 Å². The third kappa shape index (κ3) is 3.50. The Hall–Kier alpha value is -0.460. The Morgan fingerprint density at radius 2 is 2.41 bits per heavy atom. The molecule has 0 amide bonds. The van der Waals surface area contributed by atoms with Gasteiger partial charge in [-0.05, 0) is 25.7 Å². The third-order valence-corrected chi connectivity index (χ3v) is 6.15. The van der Waals surface area contributed by atoms with Gasteiger partial charge in [0.25, 0.3) is 0 Å². The second kappa shape index (κ2) is 5.04. The maximum absolute atomic E-state index is 11.5. The SMILES string of the molecule is CC(N)c1cnc(CC2CCCS(=O)(=O)C2)s1. The highest BCUT2D eigenvalue weighted by Gasteiger charge is 2.25. The molecule has 2 atom stereocenters. The second-order valence-corrected chi connectivity index (χ2v) is 8.15. The van der Waals surface area contributed by atoms with Crippen LogP contribution in [-0.4, -0.2) is 24.9 Å². The van der Waals surface area contributed by atoms with E-state index in [4.69, 9.17) is 5.73 Å². The monoisotopic (exact) mass is 274 g/mol. The molecule has 2 rings (SSSR count). The van der Waals surface area contributed by atoms with Crippen molar-refractivity contribution in [3.05, 3.63) is 16.1 Å². The van der Waals surface area contributed by atoms with E-state index >= 15 is 0 Å². The van der Waals surface area contributed by atoms with Gasteiger partial charge in [0.1, 0.15) is 0 Å². The highest BCUT2D eigenvalue weighted by Crippen LogP contribution is 2.26. The Balaban J connectivity index is 2.00. The van der Waals surface area contributed by atoms with Gasteiger partial charge in [-0.2, -0.15) is 0 Å². The standard InChI is InChI=1S/C11H18N2O2S2/c1-8(12)10-6-13-11(16-10)5-9-3-2-4-17(14,15)7-9/h6,8-9H,2-5,7,12H2,1H3. The molecule has 1 aliphatic heterocycles. The highest BCUT2D eigenvalue weighted by atomic mass is 32.2. The second-order valence-electron chi connectivity index (χ2n) is 4.77. The molecule has 17 heavy (non-hydrogen) atoms. The van der Waals surface area contributed by atoms with E-state index in [0.717, 1.165) is 29.1 Å². The minimum atomic E-state index is -2.81. The van der Waals surface area contributed by atoms with Crippen molar-refractivity contribution in [3.63, 3.8) is 0 Å². The fourth-order valence-electron chi connectivity index (χ4n) is 2.15. The van der Waals surface area contributed by atoms with Crippen LogP contribution in [0.4, 0.5) is 0 Å². The molecule has 1 saturated heterocycles. The zero-order chi connectivity index (χ0) is 12.5. The summed E-state index contributed by atoms with van der Waals surface area (Å²) in [7, 11) is -2.81. The lowest BCUT2D eigenvalue weighted by atomic mass is 10.0. The number of hydrogen-bond donors (Lipinski definition) is 1. The summed E-state index contributed by atoms with van der Waals surface area (Å²) in [5, 5.41) is 1.01. The molecule has 6 heteroatoms. The molecule has 0 spiro atoms. The summed E-state index contributed by atoms with van der Waals surface area (Å²) in [5.74, 6) is 0.910. The Bertz CT molecular complexity index is 479. The van der Waals surface area contributed by atoms with E-state index in [1.807, 2.05) is 13.1 Å². The van der Waals surface area contributed by atoms with Gasteiger partial charge in [0, 0.05) is 23.5 Å². The lowest BCUT2D eigenvalue weighted by Crippen LogP contribution is -2.26. The largest absolute Gasteiger partial charge is 0.323 e. The zero-order valence-corrected chi connectivity index (χ0v) is 11.6. The van der Waals surface area contributed by atoms with Gasteiger partial charge >= 0.3 is 0 Å². The Labute approximate surface area is 106 Å². The number of hydrogen-bond acceptors (Lipinski definition) is 5. The lowest BCUT2D eigenvalue weighted by molar-refractivity contribution is 0.483. The van der Waals surface area contributed by atoms with E-state index in [1.54, 1.807) is 11.3 Å². The van der Waals surface area contributed by atoms with Crippen molar-refractivity contribution in [3.8, 4) is 0 Å². The van der Waals surface area contributed by atoms with Crippen molar-refractivity contribution < 1.29 is 8.42 Å². The van der Waals surface area contributed by atoms with Crippen LogP contribution in [0.25, 0.3) is 0 Å². The molecule has 0 bridgehead atoms. The summed E-state index contributed by atoms with van der Waals surface area (Å²) < 4.78 is 23.1. The molecule has 1 fully saturated rings. The van der Waals surface area contributed by atoms with Crippen LogP contribution in [0.15, 0.2) is 6.20 Å². The maximum atomic E-state index is 11.5. The Kier molecular flexibility index (Phi) is 3.85. The first-order valence-electron chi connectivity index (χ1n) is 5.87. The van der Waals surface area contributed by atoms with Crippen molar-refractivity contribution >= 4 is 21.2 Å². The molecule has 0 saturated carbocycles. The molecule has 2 unspecified atom stereocenters. The number of nitrogens with two attached hydrogens (primary N) is 1. The fraction of sp³-hybridized carbons (Fsp3) is 0.727. The van der Waals surface area contributed by atoms with Crippen molar-refractivity contribution in [2.24, 2.45) is 11.7 Å². The van der Waals surface area contributed by atoms with Gasteiger partial charge in [0.15, 0.2) is 9.84 Å². The minimum Gasteiger partial charge on any atom is -0.323 e. The summed E-state index contributed by atoms with van der Waals surface area (Å²) in [6, 6.07) is 0.0105. The van der Waals surface area contributed by atoms with Crippen LogP contribution in [0.5, 0.6) is 0 Å². The van der Waals surface area contributed by atoms with Crippen molar-refractivity contribution in [1.29, 1.82) is 0 Å². The number of nitrogens with zero attached hydrogens (tertiary/aromatic N) is 1. The van der Waals surface area contributed by atoms with Crippen molar-refractivity contribution in [1.82, 2.24) is 4.98 Å². The molecule has 1 aromatic heterocycles. The number of sulfone groups is 1. The van der Waals surface area contributed by atoms with Crippen LogP contribution < -0.4 is 5.73 Å². The van der Waals surface area contributed by atoms with Crippen LogP contribution in [-0.2, 0) is 16.3 Å². The van der Waals surface area contributed by atoms with E-state index < -0.39 is 9.84 Å². The molecule has 0 radical (unpaired) electrons. The van der Waals surface area contributed by atoms with Crippen LogP contribution in [0.1, 0.15) is 35.7 Å². The van der Waals surface area contributed by atoms with Crippen LogP contribution >= 0.6 is 11.3 Å². The first-order valence-corrected chi connectivity index (χ1v) is 8.50. The number of aromatic nitrogens is 1. The summed E-state index contributed by atoms with van der Waals surface area (Å²) >= 11 is 1.60. The molecule has 1 aliphatic rings. The maximum Gasteiger partial charge on any atom is 0.150 e. The summed E-state index contributed by atoms with van der Waals surface area (Å²) in [6.07, 6.45) is 4.36. The quantitative estimate of drug-likeness (QED) is 0.907. The highest BCUT2D eigenvalue weighted by molar-refractivity contribution is 7.91. The van der Waals surface area contributed by atoms with Crippen LogP contribution in [0.2, 0.25) is 0 Å². The van der Waals surface area contributed by atoms with Crippen molar-refractivity contribution in [2.45, 2.75) is 32.2 Å². The molecule has 0 aliphatic carbocycles. The predicted molar refractivity (Wildman–Crippen MR) is 69.8 cm³/mol. The molecule has 0 aromatic carbocycles. The fourth-order valence-corrected chi connectivity index (χ4v) is 4.92. The van der Waals surface area contributed by atoms with E-state index in [2.05, 4.69) is 4.98 Å². The van der Waals surface area contributed by atoms with E-state index in [1.165, 1.54) is 0 Å². The van der Waals surface area contributed by atoms with Gasteiger partial charge in [-0.25, -0.2) is 13.4 Å². The summed E-state index contributed by atoms with van der Waals surface area (Å²) in [5.41, 5.74) is 5.78. The van der Waals surface area contributed by atoms with E-state index in [0.29, 0.717) is 11.5 Å². The van der Waals surface area contributed by atoms with Crippen LogP contribution in [0.3, 0.4) is 0 Å². The average Bonchev–Trinajstić information content (AvgIpc) is 2.64. The Morgan fingerprint density at radius 3 is 3.00 bits per heavy atom.